The predicted molar refractivity (Wildman–Crippen MR) is 160 cm³/mol. The van der Waals surface area contributed by atoms with Crippen LogP contribution in [0.2, 0.25) is 0 Å². The second kappa shape index (κ2) is 11.1. The van der Waals surface area contributed by atoms with E-state index in [1.807, 2.05) is 50.4 Å². The van der Waals surface area contributed by atoms with Gasteiger partial charge in [0, 0.05) is 91.5 Å². The number of carboxylic acid groups (broad SMARTS) is 1. The number of anilines is 1. The molecular weight excluding hydrogens is 520 g/mol. The van der Waals surface area contributed by atoms with Gasteiger partial charge in [-0.3, -0.25) is 9.59 Å². The van der Waals surface area contributed by atoms with Crippen LogP contribution < -0.4 is 15.8 Å². The van der Waals surface area contributed by atoms with Crippen molar-refractivity contribution in [1.82, 2.24) is 24.3 Å². The molecule has 0 unspecified atom stereocenters. The number of fused-ring (bicyclic) bond motifs is 1. The first kappa shape index (κ1) is 27.9. The van der Waals surface area contributed by atoms with Gasteiger partial charge in [0.15, 0.2) is 0 Å². The number of nitrogens with zero attached hydrogens (tertiary/aromatic N) is 5. The van der Waals surface area contributed by atoms with Crippen LogP contribution in [0.4, 0.5) is 10.6 Å². The molecule has 0 bridgehead atoms. The number of hydrogen-bond donors (Lipinski definition) is 2. The number of pyridine rings is 2. The quantitative estimate of drug-likeness (QED) is 0.366. The smallest absolute Gasteiger partial charge is 0.407 e. The normalized spacial score (nSPS) is 13.7. The lowest BCUT2D eigenvalue weighted by atomic mass is 10.00. The maximum absolute atomic E-state index is 13.6. The van der Waals surface area contributed by atoms with Crippen LogP contribution in [0.1, 0.15) is 47.1 Å². The lowest BCUT2D eigenvalue weighted by molar-refractivity contribution is 0.0952. The fourth-order valence-electron chi connectivity index (χ4n) is 5.44. The van der Waals surface area contributed by atoms with Crippen molar-refractivity contribution in [3.63, 3.8) is 0 Å². The third-order valence-electron chi connectivity index (χ3n) is 8.01. The van der Waals surface area contributed by atoms with Crippen molar-refractivity contribution in [2.24, 2.45) is 7.05 Å². The van der Waals surface area contributed by atoms with Gasteiger partial charge < -0.3 is 29.4 Å². The van der Waals surface area contributed by atoms with E-state index in [1.165, 1.54) is 4.90 Å². The Morgan fingerprint density at radius 1 is 1.02 bits per heavy atom. The van der Waals surface area contributed by atoms with Gasteiger partial charge in [-0.25, -0.2) is 9.78 Å². The number of aromatic nitrogens is 3. The molecule has 3 aromatic heterocycles. The summed E-state index contributed by atoms with van der Waals surface area (Å²) in [6, 6.07) is 12.0. The molecule has 0 radical (unpaired) electrons. The van der Waals surface area contributed by atoms with Crippen LogP contribution in [-0.4, -0.2) is 62.3 Å². The zero-order valence-corrected chi connectivity index (χ0v) is 24.1. The molecule has 41 heavy (non-hydrogen) atoms. The Balaban J connectivity index is 1.45. The Hall–Kier alpha value is -4.60. The zero-order chi connectivity index (χ0) is 29.4. The van der Waals surface area contributed by atoms with Crippen LogP contribution in [0.3, 0.4) is 0 Å². The van der Waals surface area contributed by atoms with Gasteiger partial charge in [-0.05, 0) is 75.2 Å². The summed E-state index contributed by atoms with van der Waals surface area (Å²) in [6.07, 6.45) is 2.89. The van der Waals surface area contributed by atoms with E-state index in [0.717, 1.165) is 39.1 Å². The van der Waals surface area contributed by atoms with Gasteiger partial charge in [0.25, 0.3) is 11.5 Å². The lowest BCUT2D eigenvalue weighted by Crippen LogP contribution is -2.48. The number of carbonyl (C=O) groups excluding carboxylic acids is 1. The molecule has 0 spiro atoms. The first-order valence-corrected chi connectivity index (χ1v) is 13.8. The molecule has 5 rings (SSSR count). The van der Waals surface area contributed by atoms with E-state index in [0.29, 0.717) is 37.3 Å². The molecule has 1 fully saturated rings. The highest BCUT2D eigenvalue weighted by Crippen LogP contribution is 2.31. The molecule has 4 aromatic rings. The summed E-state index contributed by atoms with van der Waals surface area (Å²) in [4.78, 5) is 45.8. The highest BCUT2D eigenvalue weighted by molar-refractivity contribution is 6.08. The zero-order valence-electron chi connectivity index (χ0n) is 24.1. The summed E-state index contributed by atoms with van der Waals surface area (Å²) >= 11 is 0. The molecule has 4 heterocycles. The number of rotatable bonds is 6. The number of benzene rings is 1. The molecule has 10 heteroatoms. The van der Waals surface area contributed by atoms with Crippen LogP contribution in [0, 0.1) is 13.8 Å². The molecular formula is C31H36N6O4. The molecule has 1 aromatic carbocycles. The van der Waals surface area contributed by atoms with Crippen LogP contribution in [0.5, 0.6) is 0 Å². The van der Waals surface area contributed by atoms with E-state index >= 15 is 0 Å². The number of aryl methyl sites for hydroxylation is 2. The SMILES string of the molecule is Cc1cc(C)n(C)c(=O)c1CNC(=O)c1cc(-c2ccc(N3CCN(C(=O)O)CC3)nc2)cc2c1ccn2C(C)C. The van der Waals surface area contributed by atoms with Crippen LogP contribution in [-0.2, 0) is 13.6 Å². The van der Waals surface area contributed by atoms with Gasteiger partial charge in [-0.1, -0.05) is 0 Å². The fraction of sp³-hybridized carbons (Fsp3) is 0.355. The standard InChI is InChI=1S/C31H36N6O4/c1-19(2)37-9-8-24-25(29(38)33-18-26-20(3)14-21(4)34(5)30(26)39)15-23(16-27(24)37)22-6-7-28(32-17-22)35-10-12-36(13-11-35)31(40)41/h6-9,14-17,19H,10-13,18H2,1-5H3,(H,33,38)(H,40,41). The summed E-state index contributed by atoms with van der Waals surface area (Å²) in [5, 5.41) is 13.0. The van der Waals surface area contributed by atoms with Crippen molar-refractivity contribution in [1.29, 1.82) is 0 Å². The molecule has 1 aliphatic heterocycles. The first-order valence-electron chi connectivity index (χ1n) is 13.8. The predicted octanol–water partition coefficient (Wildman–Crippen LogP) is 4.33. The van der Waals surface area contributed by atoms with Crippen molar-refractivity contribution in [2.75, 3.05) is 31.1 Å². The molecule has 0 atom stereocenters. The van der Waals surface area contributed by atoms with E-state index in [2.05, 4.69) is 39.7 Å². The molecule has 10 nitrogen and oxygen atoms in total. The second-order valence-electron chi connectivity index (χ2n) is 10.9. The Bertz CT molecular complexity index is 1680. The minimum absolute atomic E-state index is 0.108. The topological polar surface area (TPSA) is 113 Å². The molecule has 0 aliphatic carbocycles. The van der Waals surface area contributed by atoms with Crippen LogP contribution in [0.25, 0.3) is 22.0 Å². The average Bonchev–Trinajstić information content (AvgIpc) is 3.40. The number of piperazine rings is 1. The lowest BCUT2D eigenvalue weighted by Gasteiger charge is -2.33. The van der Waals surface area contributed by atoms with E-state index in [9.17, 15) is 19.5 Å². The van der Waals surface area contributed by atoms with Crippen LogP contribution >= 0.6 is 0 Å². The fourth-order valence-corrected chi connectivity index (χ4v) is 5.44. The van der Waals surface area contributed by atoms with Crippen molar-refractivity contribution >= 4 is 28.7 Å². The minimum Gasteiger partial charge on any atom is -0.465 e. The summed E-state index contributed by atoms with van der Waals surface area (Å²) in [5.74, 6) is 0.541. The molecule has 214 valence electrons. The summed E-state index contributed by atoms with van der Waals surface area (Å²) in [6.45, 7) is 10.2. The van der Waals surface area contributed by atoms with Crippen molar-refractivity contribution in [2.45, 2.75) is 40.3 Å². The third kappa shape index (κ3) is 5.41. The van der Waals surface area contributed by atoms with Gasteiger partial charge in [0.1, 0.15) is 5.82 Å². The maximum atomic E-state index is 13.6. The monoisotopic (exact) mass is 556 g/mol. The number of hydrogen-bond acceptors (Lipinski definition) is 5. The van der Waals surface area contributed by atoms with Gasteiger partial charge >= 0.3 is 6.09 Å². The van der Waals surface area contributed by atoms with Crippen molar-refractivity contribution in [3.05, 3.63) is 81.5 Å². The summed E-state index contributed by atoms with van der Waals surface area (Å²) < 4.78 is 3.73. The maximum Gasteiger partial charge on any atom is 0.407 e. The van der Waals surface area contributed by atoms with E-state index in [1.54, 1.807) is 17.8 Å². The molecule has 1 saturated heterocycles. The summed E-state index contributed by atoms with van der Waals surface area (Å²) in [7, 11) is 1.74. The highest BCUT2D eigenvalue weighted by Gasteiger charge is 2.22. The number of nitrogens with one attached hydrogen (secondary N) is 1. The minimum atomic E-state index is -0.897. The highest BCUT2D eigenvalue weighted by atomic mass is 16.4. The van der Waals surface area contributed by atoms with Crippen molar-refractivity contribution < 1.29 is 14.7 Å². The Morgan fingerprint density at radius 3 is 2.39 bits per heavy atom. The van der Waals surface area contributed by atoms with Gasteiger partial charge in [-0.2, -0.15) is 0 Å². The van der Waals surface area contributed by atoms with Crippen LogP contribution in [0.15, 0.2) is 53.6 Å². The molecule has 0 saturated carbocycles. The largest absolute Gasteiger partial charge is 0.465 e. The molecule has 2 amide bonds. The van der Waals surface area contributed by atoms with E-state index in [4.69, 9.17) is 0 Å². The number of carbonyl (C=O) groups is 2. The van der Waals surface area contributed by atoms with E-state index in [-0.39, 0.29) is 24.1 Å². The van der Waals surface area contributed by atoms with Gasteiger partial charge in [-0.15, -0.1) is 0 Å². The first-order chi connectivity index (χ1) is 19.5. The Kier molecular flexibility index (Phi) is 7.57. The third-order valence-corrected chi connectivity index (χ3v) is 8.01. The van der Waals surface area contributed by atoms with E-state index < -0.39 is 6.09 Å². The molecule has 1 aliphatic rings. The molecule has 2 N–H and O–H groups in total. The van der Waals surface area contributed by atoms with Crippen molar-refractivity contribution in [3.8, 4) is 11.1 Å². The second-order valence-corrected chi connectivity index (χ2v) is 10.9. The summed E-state index contributed by atoms with van der Waals surface area (Å²) in [5.41, 5.74) is 5.39. The average molecular weight is 557 g/mol. The Morgan fingerprint density at radius 2 is 1.76 bits per heavy atom. The van der Waals surface area contributed by atoms with Gasteiger partial charge in [0.05, 0.1) is 0 Å². The number of amides is 2. The Labute approximate surface area is 238 Å². The van der Waals surface area contributed by atoms with Gasteiger partial charge in [0.2, 0.25) is 0 Å².